The number of nitrogens with one attached hydrogen (secondary N) is 8. The molecule has 1 spiro atoms. The van der Waals surface area contributed by atoms with Crippen LogP contribution in [0.25, 0.3) is 43.6 Å². The topological polar surface area (TPSA) is 186 Å². The van der Waals surface area contributed by atoms with Gasteiger partial charge in [-0.1, -0.05) is 121 Å². The second kappa shape index (κ2) is 27.7. The van der Waals surface area contributed by atoms with Crippen molar-refractivity contribution in [3.63, 3.8) is 0 Å². The van der Waals surface area contributed by atoms with Gasteiger partial charge in [-0.2, -0.15) is 0 Å². The van der Waals surface area contributed by atoms with Gasteiger partial charge in [-0.15, -0.1) is 0 Å². The number of hydrogen-bond donors (Lipinski definition) is 8. The monoisotopic (exact) mass is 1330 g/mol. The van der Waals surface area contributed by atoms with E-state index in [4.69, 9.17) is 69.6 Å². The third-order valence-electron chi connectivity index (χ3n) is 19.6. The summed E-state index contributed by atoms with van der Waals surface area (Å²) in [6.45, 7) is 7.04. The van der Waals surface area contributed by atoms with E-state index in [1.807, 2.05) is 17.0 Å². The molecule has 4 aromatic carbocycles. The molecule has 472 valence electrons. The predicted octanol–water partition coefficient (Wildman–Crippen LogP) is 15.9. The molecule has 8 aromatic rings. The molecule has 8 heterocycles. The lowest BCUT2D eigenvalue weighted by atomic mass is 9.64. The van der Waals surface area contributed by atoms with E-state index in [2.05, 4.69) is 41.2 Å². The molecule has 3 saturated carbocycles. The highest BCUT2D eigenvalue weighted by atomic mass is 35.5. The number of carbonyl (C=O) groups is 4. The van der Waals surface area contributed by atoms with E-state index in [1.165, 1.54) is 89.2 Å². The molecule has 7 aliphatic rings. The van der Waals surface area contributed by atoms with Crippen LogP contribution in [0.2, 0.25) is 30.1 Å². The Kier molecular flexibility index (Phi) is 19.8. The summed E-state index contributed by atoms with van der Waals surface area (Å²) in [5, 5.41) is 19.2. The van der Waals surface area contributed by atoms with E-state index in [-0.39, 0.29) is 41.1 Å². The SMILES string of the molecule is O=C(NC1CCC2(CCCCC2)CC1)c1cc2c(Cl)cc(Cl)cc2[nH]1.O=C(NC1CCCCCCC1)c1cc2c(Cl)cc(Cl)cc2[nH]1.O=C(c1cc2c(Cl)cc(Cl)cc2[nH]1)N1CC2CNCC2C1.O=C(c1cc2c(F)cc(F)cc2[nH]1)N1CC2CNCC2C1. The first-order chi connectivity index (χ1) is 42.9. The molecule has 15 rings (SSSR count). The summed E-state index contributed by atoms with van der Waals surface area (Å²) in [4.78, 5) is 66.2. The number of nitrogens with zero attached hydrogens (tertiary/aromatic N) is 2. The largest absolute Gasteiger partial charge is 0.350 e. The van der Waals surface area contributed by atoms with E-state index in [9.17, 15) is 28.0 Å². The van der Waals surface area contributed by atoms with Gasteiger partial charge < -0.3 is 51.0 Å². The normalized spacial score (nSPS) is 21.8. The zero-order valence-electron chi connectivity index (χ0n) is 49.4. The van der Waals surface area contributed by atoms with Gasteiger partial charge in [0.2, 0.25) is 0 Å². The van der Waals surface area contributed by atoms with Crippen LogP contribution in [0.3, 0.4) is 0 Å². The van der Waals surface area contributed by atoms with E-state index in [0.29, 0.717) is 87.5 Å². The van der Waals surface area contributed by atoms with Crippen LogP contribution in [0.4, 0.5) is 8.78 Å². The molecule has 0 bridgehead atoms. The van der Waals surface area contributed by atoms with Crippen molar-refractivity contribution in [3.05, 3.63) is 137 Å². The fraction of sp³-hybridized carbons (Fsp3) is 0.463. The van der Waals surface area contributed by atoms with Crippen molar-refractivity contribution in [1.29, 1.82) is 0 Å². The van der Waals surface area contributed by atoms with Crippen LogP contribution in [0.5, 0.6) is 0 Å². The Labute approximate surface area is 545 Å². The number of halogens is 8. The summed E-state index contributed by atoms with van der Waals surface area (Å²) in [6.07, 6.45) is 20.0. The average Bonchev–Trinajstić information content (AvgIpc) is 2.09. The van der Waals surface area contributed by atoms with Gasteiger partial charge in [0.05, 0.1) is 20.6 Å². The van der Waals surface area contributed by atoms with Crippen molar-refractivity contribution in [2.75, 3.05) is 52.4 Å². The number of likely N-dealkylation sites (tertiary alicyclic amines) is 2. The Morgan fingerprint density at radius 2 is 0.775 bits per heavy atom. The van der Waals surface area contributed by atoms with Gasteiger partial charge in [0, 0.05) is 124 Å². The highest BCUT2D eigenvalue weighted by molar-refractivity contribution is 6.40. The maximum absolute atomic E-state index is 13.7. The van der Waals surface area contributed by atoms with Crippen molar-refractivity contribution in [2.45, 2.75) is 115 Å². The number of hydrogen-bond acceptors (Lipinski definition) is 6. The highest BCUT2D eigenvalue weighted by Gasteiger charge is 2.41. The van der Waals surface area contributed by atoms with Gasteiger partial charge in [0.1, 0.15) is 34.4 Å². The van der Waals surface area contributed by atoms with Crippen molar-refractivity contribution < 1.29 is 28.0 Å². The van der Waals surface area contributed by atoms with Gasteiger partial charge in [-0.25, -0.2) is 8.78 Å². The summed E-state index contributed by atoms with van der Waals surface area (Å²) >= 11 is 36.6. The Bertz CT molecular complexity index is 3770. The van der Waals surface area contributed by atoms with Crippen molar-refractivity contribution in [2.24, 2.45) is 29.1 Å². The third kappa shape index (κ3) is 14.7. The second-order valence-electron chi connectivity index (χ2n) is 25.7. The molecule has 3 aliphatic carbocycles. The number of amides is 4. The molecule has 4 saturated heterocycles. The first kappa shape index (κ1) is 63.6. The number of benzene rings is 4. The van der Waals surface area contributed by atoms with Gasteiger partial charge in [0.25, 0.3) is 23.6 Å². The summed E-state index contributed by atoms with van der Waals surface area (Å²) < 4.78 is 26.9. The minimum Gasteiger partial charge on any atom is -0.350 e. The lowest BCUT2D eigenvalue weighted by Crippen LogP contribution is -2.41. The number of carbonyl (C=O) groups excluding carboxylic acids is 4. The Morgan fingerprint density at radius 3 is 1.21 bits per heavy atom. The Balaban J connectivity index is 0.000000116. The predicted molar refractivity (Wildman–Crippen MR) is 353 cm³/mol. The molecule has 14 nitrogen and oxygen atoms in total. The number of aromatic amines is 4. The van der Waals surface area contributed by atoms with Gasteiger partial charge in [-0.3, -0.25) is 19.2 Å². The van der Waals surface area contributed by atoms with Crippen LogP contribution in [-0.4, -0.2) is 118 Å². The number of fused-ring (bicyclic) bond motifs is 6. The average molecular weight is 1330 g/mol. The Hall–Kier alpha value is -5.56. The highest BCUT2D eigenvalue weighted by Crippen LogP contribution is 2.47. The van der Waals surface area contributed by atoms with E-state index in [1.54, 1.807) is 47.4 Å². The van der Waals surface area contributed by atoms with Crippen LogP contribution in [-0.2, 0) is 0 Å². The molecule has 4 atom stereocenters. The fourth-order valence-electron chi connectivity index (χ4n) is 14.8. The number of rotatable bonds is 6. The second-order valence-corrected chi connectivity index (χ2v) is 28.3. The lowest BCUT2D eigenvalue weighted by Gasteiger charge is -2.43. The molecule has 8 N–H and O–H groups in total. The van der Waals surface area contributed by atoms with Crippen molar-refractivity contribution in [3.8, 4) is 0 Å². The Morgan fingerprint density at radius 1 is 0.416 bits per heavy atom. The van der Waals surface area contributed by atoms with Crippen molar-refractivity contribution >= 4 is 137 Å². The van der Waals surface area contributed by atoms with Gasteiger partial charge >= 0.3 is 0 Å². The third-order valence-corrected chi connectivity index (χ3v) is 21.2. The van der Waals surface area contributed by atoms with Crippen LogP contribution in [0.1, 0.15) is 145 Å². The standard InChI is InChI=1S/C20H24Cl2N2O.C17H20Cl2N2O.C15H15Cl2N3O.C15H15F2N3O/c21-13-10-16(22)15-12-18(24-17(15)11-13)19(25)23-14-4-8-20(9-5-14)6-2-1-3-7-20;18-11-8-14(19)13-10-16(21-15(13)9-11)17(22)20-12-6-4-2-1-3-5-7-12;2*16-10-1-12(17)11-3-14(19-13(11)2-10)15(21)20-6-8-4-18-5-9(8)7-20/h10-12,14,24H,1-9H2,(H,23,25);8-10,12,21H,1-7H2,(H,20,22);2*1-3,8-9,18-19H,4-7H2. The first-order valence-corrected chi connectivity index (χ1v) is 33.7. The fourth-order valence-corrected chi connectivity index (χ4v) is 16.4. The minimum absolute atomic E-state index is 0.0482. The summed E-state index contributed by atoms with van der Waals surface area (Å²) in [5.41, 5.74) is 5.29. The molecular weight excluding hydrogens is 1260 g/mol. The summed E-state index contributed by atoms with van der Waals surface area (Å²) in [5.74, 6) is 0.702. The molecule has 22 heteroatoms. The molecule has 4 aliphatic heterocycles. The molecule has 0 radical (unpaired) electrons. The summed E-state index contributed by atoms with van der Waals surface area (Å²) in [7, 11) is 0. The van der Waals surface area contributed by atoms with Crippen LogP contribution in [0, 0.1) is 40.7 Å². The van der Waals surface area contributed by atoms with Crippen molar-refractivity contribution in [1.82, 2.24) is 51.0 Å². The first-order valence-electron chi connectivity index (χ1n) is 31.4. The van der Waals surface area contributed by atoms with E-state index >= 15 is 0 Å². The molecule has 4 aromatic heterocycles. The molecule has 4 amide bonds. The number of H-pyrrole nitrogens is 4. The number of aromatic nitrogens is 4. The smallest absolute Gasteiger partial charge is 0.270 e. The van der Waals surface area contributed by atoms with E-state index < -0.39 is 11.6 Å². The van der Waals surface area contributed by atoms with Crippen LogP contribution in [0.15, 0.2) is 72.8 Å². The van der Waals surface area contributed by atoms with Crippen LogP contribution >= 0.6 is 69.6 Å². The molecule has 4 unspecified atom stereocenters. The molecular formula is C67H74Cl6F2N10O4. The van der Waals surface area contributed by atoms with Gasteiger partial charge in [0.15, 0.2) is 0 Å². The zero-order chi connectivity index (χ0) is 62.1. The van der Waals surface area contributed by atoms with Crippen LogP contribution < -0.4 is 21.3 Å². The zero-order valence-corrected chi connectivity index (χ0v) is 53.9. The van der Waals surface area contributed by atoms with E-state index in [0.717, 1.165) is 117 Å². The quantitative estimate of drug-likeness (QED) is 0.0819. The summed E-state index contributed by atoms with van der Waals surface area (Å²) in [6, 6.07) is 20.0. The van der Waals surface area contributed by atoms with Gasteiger partial charge in [-0.05, 0) is 147 Å². The maximum atomic E-state index is 13.7. The maximum Gasteiger partial charge on any atom is 0.270 e. The minimum atomic E-state index is -0.650. The molecule has 7 fully saturated rings. The lowest BCUT2D eigenvalue weighted by molar-refractivity contribution is 0.0769. The molecule has 89 heavy (non-hydrogen) atoms.